The second-order valence-corrected chi connectivity index (χ2v) is 8.32. The van der Waals surface area contributed by atoms with Crippen molar-refractivity contribution in [2.75, 3.05) is 19.8 Å². The molecule has 1 unspecified atom stereocenters. The predicted octanol–water partition coefficient (Wildman–Crippen LogP) is 5.58. The fraction of sp³-hybridized carbons (Fsp3) is 0.400. The Bertz CT molecular complexity index is 1030. The molecule has 1 atom stereocenters. The van der Waals surface area contributed by atoms with E-state index in [0.29, 0.717) is 30.4 Å². The molecule has 31 heavy (non-hydrogen) atoms. The molecule has 5 nitrogen and oxygen atoms in total. The number of urea groups is 1. The van der Waals surface area contributed by atoms with Gasteiger partial charge < -0.3 is 19.4 Å². The van der Waals surface area contributed by atoms with Crippen LogP contribution in [0.5, 0.6) is 0 Å². The molecule has 1 aliphatic rings. The monoisotopic (exact) mass is 424 g/mol. The van der Waals surface area contributed by atoms with Crippen LogP contribution < -0.4 is 5.32 Å². The SMILES string of the molecule is Cc1c(C(C)NC(=O)N(Cc2ccccc2)CC2CCOCC2)oc2ccc(F)cc12. The summed E-state index contributed by atoms with van der Waals surface area (Å²) in [6.45, 7) is 6.51. The van der Waals surface area contributed by atoms with E-state index in [4.69, 9.17) is 9.15 Å². The zero-order valence-corrected chi connectivity index (χ0v) is 18.1. The molecule has 4 rings (SSSR count). The third-order valence-corrected chi connectivity index (χ3v) is 5.99. The Kier molecular flexibility index (Phi) is 6.56. The first-order chi connectivity index (χ1) is 15.0. The molecule has 1 N–H and O–H groups in total. The molecule has 0 radical (unpaired) electrons. The molecule has 0 aliphatic carbocycles. The summed E-state index contributed by atoms with van der Waals surface area (Å²) in [5, 5.41) is 3.83. The highest BCUT2D eigenvalue weighted by Gasteiger charge is 2.25. The van der Waals surface area contributed by atoms with Gasteiger partial charge in [0.2, 0.25) is 0 Å². The van der Waals surface area contributed by atoms with Crippen LogP contribution >= 0.6 is 0 Å². The molecule has 6 heteroatoms. The van der Waals surface area contributed by atoms with Gasteiger partial charge in [0.05, 0.1) is 6.04 Å². The summed E-state index contributed by atoms with van der Waals surface area (Å²) in [7, 11) is 0. The fourth-order valence-electron chi connectivity index (χ4n) is 4.23. The molecular weight excluding hydrogens is 395 g/mol. The Morgan fingerprint density at radius 3 is 2.68 bits per heavy atom. The summed E-state index contributed by atoms with van der Waals surface area (Å²) in [4.78, 5) is 15.1. The molecule has 164 valence electrons. The number of benzene rings is 2. The minimum Gasteiger partial charge on any atom is -0.459 e. The Hall–Kier alpha value is -2.86. The van der Waals surface area contributed by atoms with E-state index in [1.807, 2.05) is 49.1 Å². The Balaban J connectivity index is 1.51. The maximum atomic E-state index is 13.6. The highest BCUT2D eigenvalue weighted by Crippen LogP contribution is 2.30. The molecule has 1 aromatic heterocycles. The van der Waals surface area contributed by atoms with E-state index >= 15 is 0 Å². The van der Waals surface area contributed by atoms with Gasteiger partial charge in [0.25, 0.3) is 0 Å². The molecule has 1 fully saturated rings. The van der Waals surface area contributed by atoms with Crippen LogP contribution in [0.4, 0.5) is 9.18 Å². The van der Waals surface area contributed by atoms with Crippen molar-refractivity contribution < 1.29 is 18.3 Å². The summed E-state index contributed by atoms with van der Waals surface area (Å²) in [6, 6.07) is 14.0. The van der Waals surface area contributed by atoms with E-state index in [2.05, 4.69) is 5.32 Å². The quantitative estimate of drug-likeness (QED) is 0.562. The molecule has 2 amide bonds. The number of carbonyl (C=O) groups excluding carboxylic acids is 1. The van der Waals surface area contributed by atoms with Gasteiger partial charge in [0.15, 0.2) is 0 Å². The van der Waals surface area contributed by atoms with Gasteiger partial charge in [0, 0.05) is 37.3 Å². The third-order valence-electron chi connectivity index (χ3n) is 5.99. The average molecular weight is 425 g/mol. The first-order valence-corrected chi connectivity index (χ1v) is 10.9. The molecule has 3 aromatic rings. The molecule has 0 spiro atoms. The summed E-state index contributed by atoms with van der Waals surface area (Å²) in [5.41, 5.74) is 2.56. The number of rotatable bonds is 6. The van der Waals surface area contributed by atoms with E-state index in [1.54, 1.807) is 6.07 Å². The number of aryl methyl sites for hydroxylation is 1. The van der Waals surface area contributed by atoms with Crippen molar-refractivity contribution in [1.82, 2.24) is 10.2 Å². The van der Waals surface area contributed by atoms with Crippen LogP contribution in [0.3, 0.4) is 0 Å². The lowest BCUT2D eigenvalue weighted by Crippen LogP contribution is -2.43. The number of ether oxygens (including phenoxy) is 1. The van der Waals surface area contributed by atoms with Crippen molar-refractivity contribution in [3.05, 3.63) is 71.2 Å². The number of nitrogens with zero attached hydrogens (tertiary/aromatic N) is 1. The molecule has 2 heterocycles. The molecule has 1 aliphatic heterocycles. The van der Waals surface area contributed by atoms with E-state index in [9.17, 15) is 9.18 Å². The van der Waals surface area contributed by atoms with Gasteiger partial charge in [0.1, 0.15) is 17.2 Å². The van der Waals surface area contributed by atoms with Gasteiger partial charge >= 0.3 is 6.03 Å². The molecule has 0 saturated carbocycles. The van der Waals surface area contributed by atoms with Gasteiger partial charge in [-0.2, -0.15) is 0 Å². The van der Waals surface area contributed by atoms with Crippen LogP contribution in [0.25, 0.3) is 11.0 Å². The summed E-state index contributed by atoms with van der Waals surface area (Å²) in [5.74, 6) is 0.777. The van der Waals surface area contributed by atoms with E-state index in [-0.39, 0.29) is 17.9 Å². The highest BCUT2D eigenvalue weighted by molar-refractivity contribution is 5.82. The summed E-state index contributed by atoms with van der Waals surface area (Å²) >= 11 is 0. The number of nitrogens with one attached hydrogen (secondary N) is 1. The van der Waals surface area contributed by atoms with E-state index < -0.39 is 0 Å². The van der Waals surface area contributed by atoms with Crippen molar-refractivity contribution >= 4 is 17.0 Å². The zero-order chi connectivity index (χ0) is 21.8. The number of hydrogen-bond donors (Lipinski definition) is 1. The van der Waals surface area contributed by atoms with Gasteiger partial charge in [-0.1, -0.05) is 30.3 Å². The minimum atomic E-state index is -0.337. The van der Waals surface area contributed by atoms with Crippen LogP contribution in [-0.2, 0) is 11.3 Å². The number of amides is 2. The van der Waals surface area contributed by atoms with Crippen molar-refractivity contribution in [1.29, 1.82) is 0 Å². The van der Waals surface area contributed by atoms with Gasteiger partial charge in [-0.3, -0.25) is 0 Å². The molecule has 0 bridgehead atoms. The van der Waals surface area contributed by atoms with Gasteiger partial charge in [-0.05, 0) is 56.4 Å². The Labute approximate surface area is 182 Å². The zero-order valence-electron chi connectivity index (χ0n) is 18.1. The lowest BCUT2D eigenvalue weighted by molar-refractivity contribution is 0.0554. The topological polar surface area (TPSA) is 54.7 Å². The van der Waals surface area contributed by atoms with Crippen molar-refractivity contribution in [2.45, 2.75) is 39.3 Å². The average Bonchev–Trinajstić information content (AvgIpc) is 3.10. The van der Waals surface area contributed by atoms with E-state index in [0.717, 1.165) is 42.6 Å². The van der Waals surface area contributed by atoms with Crippen LogP contribution in [0.2, 0.25) is 0 Å². The lowest BCUT2D eigenvalue weighted by Gasteiger charge is -2.31. The number of furan rings is 1. The number of carbonyl (C=O) groups is 1. The largest absolute Gasteiger partial charge is 0.459 e. The van der Waals surface area contributed by atoms with Gasteiger partial charge in [-0.15, -0.1) is 0 Å². The van der Waals surface area contributed by atoms with Crippen LogP contribution in [0, 0.1) is 18.7 Å². The fourth-order valence-corrected chi connectivity index (χ4v) is 4.23. The van der Waals surface area contributed by atoms with E-state index in [1.165, 1.54) is 12.1 Å². The third kappa shape index (κ3) is 5.07. The normalized spacial score (nSPS) is 15.7. The highest BCUT2D eigenvalue weighted by atomic mass is 19.1. The Morgan fingerprint density at radius 1 is 1.19 bits per heavy atom. The minimum absolute atomic E-state index is 0.131. The summed E-state index contributed by atoms with van der Waals surface area (Å²) < 4.78 is 25.1. The maximum Gasteiger partial charge on any atom is 0.318 e. The van der Waals surface area contributed by atoms with Crippen molar-refractivity contribution in [2.24, 2.45) is 5.92 Å². The lowest BCUT2D eigenvalue weighted by atomic mass is 9.99. The number of fused-ring (bicyclic) bond motifs is 1. The van der Waals surface area contributed by atoms with Crippen LogP contribution in [-0.4, -0.2) is 30.7 Å². The predicted molar refractivity (Wildman–Crippen MR) is 118 cm³/mol. The second kappa shape index (κ2) is 9.52. The van der Waals surface area contributed by atoms with Crippen molar-refractivity contribution in [3.63, 3.8) is 0 Å². The first kappa shape index (κ1) is 21.4. The Morgan fingerprint density at radius 2 is 1.94 bits per heavy atom. The molecular formula is C25H29FN2O3. The molecule has 1 saturated heterocycles. The number of hydrogen-bond acceptors (Lipinski definition) is 3. The van der Waals surface area contributed by atoms with Crippen LogP contribution in [0.1, 0.15) is 42.7 Å². The standard InChI is InChI=1S/C25H29FN2O3/c1-17-22-14-21(26)8-9-23(22)31-24(17)18(2)27-25(29)28(15-19-6-4-3-5-7-19)16-20-10-12-30-13-11-20/h3-9,14,18,20H,10-13,15-16H2,1-2H3,(H,27,29). The molecule has 2 aromatic carbocycles. The second-order valence-electron chi connectivity index (χ2n) is 8.32. The van der Waals surface area contributed by atoms with Gasteiger partial charge in [-0.25, -0.2) is 9.18 Å². The maximum absolute atomic E-state index is 13.6. The smallest absolute Gasteiger partial charge is 0.318 e. The van der Waals surface area contributed by atoms with Crippen LogP contribution in [0.15, 0.2) is 52.9 Å². The first-order valence-electron chi connectivity index (χ1n) is 10.9. The summed E-state index contributed by atoms with van der Waals surface area (Å²) in [6.07, 6.45) is 1.92. The number of halogens is 1. The van der Waals surface area contributed by atoms with Crippen molar-refractivity contribution in [3.8, 4) is 0 Å².